The van der Waals surface area contributed by atoms with E-state index in [0.717, 1.165) is 41.7 Å². The molecule has 4 rings (SSSR count). The predicted octanol–water partition coefficient (Wildman–Crippen LogP) is 3.18. The monoisotopic (exact) mass is 406 g/mol. The van der Waals surface area contributed by atoms with Crippen LogP contribution in [0.2, 0.25) is 0 Å². The highest BCUT2D eigenvalue weighted by Crippen LogP contribution is 2.30. The first-order valence-electron chi connectivity index (χ1n) is 10.1. The molecule has 1 amide bonds. The molecule has 1 fully saturated rings. The summed E-state index contributed by atoms with van der Waals surface area (Å²) >= 11 is 0. The second-order valence-electron chi connectivity index (χ2n) is 7.40. The van der Waals surface area contributed by atoms with Gasteiger partial charge in [-0.25, -0.2) is 9.97 Å². The third kappa shape index (κ3) is 4.30. The number of piperidine rings is 1. The van der Waals surface area contributed by atoms with Crippen LogP contribution in [0, 0.1) is 5.92 Å². The van der Waals surface area contributed by atoms with Gasteiger partial charge < -0.3 is 19.7 Å². The molecule has 7 heteroatoms. The maximum Gasteiger partial charge on any atom is 0.257 e. The lowest BCUT2D eigenvalue weighted by molar-refractivity contribution is -0.125. The smallest absolute Gasteiger partial charge is 0.257 e. The third-order valence-corrected chi connectivity index (χ3v) is 5.41. The molecular formula is C23H26N4O3. The maximum absolute atomic E-state index is 12.8. The van der Waals surface area contributed by atoms with Crippen molar-refractivity contribution in [2.24, 2.45) is 5.92 Å². The van der Waals surface area contributed by atoms with E-state index in [4.69, 9.17) is 14.5 Å². The van der Waals surface area contributed by atoms with Crippen molar-refractivity contribution in [3.63, 3.8) is 0 Å². The van der Waals surface area contributed by atoms with Gasteiger partial charge >= 0.3 is 0 Å². The quantitative estimate of drug-likeness (QED) is 0.678. The van der Waals surface area contributed by atoms with Gasteiger partial charge in [-0.3, -0.25) is 4.79 Å². The zero-order chi connectivity index (χ0) is 20.9. The minimum atomic E-state index is -0.109. The van der Waals surface area contributed by atoms with E-state index in [9.17, 15) is 4.79 Å². The molecule has 0 aliphatic carbocycles. The van der Waals surface area contributed by atoms with Gasteiger partial charge in [-0.15, -0.1) is 0 Å². The van der Waals surface area contributed by atoms with E-state index in [1.165, 1.54) is 0 Å². The summed E-state index contributed by atoms with van der Waals surface area (Å²) in [5, 5.41) is 3.06. The van der Waals surface area contributed by atoms with E-state index in [0.29, 0.717) is 24.8 Å². The first-order valence-corrected chi connectivity index (χ1v) is 10.1. The van der Waals surface area contributed by atoms with Crippen LogP contribution in [0.25, 0.3) is 11.0 Å². The molecular weight excluding hydrogens is 380 g/mol. The highest BCUT2D eigenvalue weighted by molar-refractivity contribution is 5.80. The number of para-hydroxylation sites is 2. The van der Waals surface area contributed by atoms with Crippen molar-refractivity contribution in [2.45, 2.75) is 19.4 Å². The Morgan fingerprint density at radius 1 is 1.10 bits per heavy atom. The Morgan fingerprint density at radius 3 is 2.67 bits per heavy atom. The second-order valence-corrected chi connectivity index (χ2v) is 7.40. The van der Waals surface area contributed by atoms with Crippen LogP contribution >= 0.6 is 0 Å². The number of carbonyl (C=O) groups is 1. The molecule has 1 atom stereocenters. The largest absolute Gasteiger partial charge is 0.497 e. The van der Waals surface area contributed by atoms with Crippen molar-refractivity contribution in [1.82, 2.24) is 15.3 Å². The molecule has 30 heavy (non-hydrogen) atoms. The van der Waals surface area contributed by atoms with Gasteiger partial charge in [-0.1, -0.05) is 24.3 Å². The van der Waals surface area contributed by atoms with Crippen molar-refractivity contribution in [3.05, 3.63) is 54.1 Å². The number of aromatic nitrogens is 2. The minimum Gasteiger partial charge on any atom is -0.497 e. The average Bonchev–Trinajstić information content (AvgIpc) is 2.81. The van der Waals surface area contributed by atoms with Gasteiger partial charge in [0, 0.05) is 19.6 Å². The lowest BCUT2D eigenvalue weighted by atomic mass is 9.97. The molecule has 0 spiro atoms. The number of nitrogens with zero attached hydrogens (tertiary/aromatic N) is 3. The van der Waals surface area contributed by atoms with Crippen molar-refractivity contribution >= 4 is 22.8 Å². The minimum absolute atomic E-state index is 0.0511. The summed E-state index contributed by atoms with van der Waals surface area (Å²) in [6, 6.07) is 15.5. The lowest BCUT2D eigenvalue weighted by Gasteiger charge is -2.33. The Labute approximate surface area is 176 Å². The molecule has 2 heterocycles. The third-order valence-electron chi connectivity index (χ3n) is 5.41. The average molecular weight is 406 g/mol. The van der Waals surface area contributed by atoms with Crippen LogP contribution in [0.5, 0.6) is 11.6 Å². The maximum atomic E-state index is 12.8. The summed E-state index contributed by atoms with van der Waals surface area (Å²) in [5.41, 5.74) is 2.62. The van der Waals surface area contributed by atoms with Gasteiger partial charge in [0.15, 0.2) is 5.82 Å². The summed E-state index contributed by atoms with van der Waals surface area (Å²) in [4.78, 5) is 24.3. The molecule has 0 bridgehead atoms. The van der Waals surface area contributed by atoms with Crippen molar-refractivity contribution in [2.75, 3.05) is 32.2 Å². The fourth-order valence-electron chi connectivity index (χ4n) is 3.82. The number of anilines is 1. The summed E-state index contributed by atoms with van der Waals surface area (Å²) in [7, 11) is 3.24. The van der Waals surface area contributed by atoms with Gasteiger partial charge in [0.25, 0.3) is 5.88 Å². The summed E-state index contributed by atoms with van der Waals surface area (Å²) in [5.74, 6) is 1.91. The van der Waals surface area contributed by atoms with E-state index >= 15 is 0 Å². The lowest BCUT2D eigenvalue weighted by Crippen LogP contribution is -2.43. The van der Waals surface area contributed by atoms with Crippen LogP contribution in [0.15, 0.2) is 48.5 Å². The van der Waals surface area contributed by atoms with Crippen LogP contribution in [-0.2, 0) is 11.3 Å². The zero-order valence-corrected chi connectivity index (χ0v) is 17.3. The Kier molecular flexibility index (Phi) is 5.97. The Bertz CT molecular complexity index is 1040. The van der Waals surface area contributed by atoms with Crippen LogP contribution < -0.4 is 19.7 Å². The van der Waals surface area contributed by atoms with E-state index in [-0.39, 0.29) is 11.8 Å². The van der Waals surface area contributed by atoms with Gasteiger partial charge in [0.1, 0.15) is 5.75 Å². The molecule has 1 aliphatic rings. The zero-order valence-electron chi connectivity index (χ0n) is 17.3. The number of hydrogen-bond acceptors (Lipinski definition) is 6. The van der Waals surface area contributed by atoms with Crippen LogP contribution in [-0.4, -0.2) is 43.2 Å². The molecule has 1 aliphatic heterocycles. The van der Waals surface area contributed by atoms with Crippen LogP contribution in [0.4, 0.5) is 5.82 Å². The molecule has 7 nitrogen and oxygen atoms in total. The van der Waals surface area contributed by atoms with E-state index < -0.39 is 0 Å². The Morgan fingerprint density at radius 2 is 1.90 bits per heavy atom. The first-order chi connectivity index (χ1) is 14.7. The molecule has 0 radical (unpaired) electrons. The first kappa shape index (κ1) is 19.9. The number of benzene rings is 2. The van der Waals surface area contributed by atoms with Gasteiger partial charge in [0.05, 0.1) is 31.2 Å². The van der Waals surface area contributed by atoms with Crippen LogP contribution in [0.1, 0.15) is 18.4 Å². The molecule has 1 saturated heterocycles. The molecule has 3 aromatic rings. The van der Waals surface area contributed by atoms with E-state index in [2.05, 4.69) is 15.2 Å². The fraction of sp³-hybridized carbons (Fsp3) is 0.348. The number of amides is 1. The summed E-state index contributed by atoms with van der Waals surface area (Å²) < 4.78 is 10.8. The van der Waals surface area contributed by atoms with Gasteiger partial charge in [-0.2, -0.15) is 0 Å². The SMILES string of the molecule is COc1cccc(CNC(=O)C2CCCN(c3nc4ccccc4nc3OC)C2)c1. The predicted molar refractivity (Wildman–Crippen MR) is 116 cm³/mol. The Hall–Kier alpha value is -3.35. The van der Waals surface area contributed by atoms with Crippen molar-refractivity contribution in [1.29, 1.82) is 0 Å². The molecule has 156 valence electrons. The number of nitrogens with one attached hydrogen (secondary N) is 1. The Balaban J connectivity index is 1.46. The van der Waals surface area contributed by atoms with Gasteiger partial charge in [-0.05, 0) is 42.7 Å². The number of fused-ring (bicyclic) bond motifs is 1. The van der Waals surface area contributed by atoms with E-state index in [1.807, 2.05) is 48.5 Å². The van der Waals surface area contributed by atoms with Crippen molar-refractivity contribution < 1.29 is 14.3 Å². The van der Waals surface area contributed by atoms with Gasteiger partial charge in [0.2, 0.25) is 5.91 Å². The molecule has 2 aromatic carbocycles. The normalized spacial score (nSPS) is 16.3. The molecule has 1 unspecified atom stereocenters. The number of rotatable bonds is 6. The highest BCUT2D eigenvalue weighted by atomic mass is 16.5. The fourth-order valence-corrected chi connectivity index (χ4v) is 3.82. The number of carbonyl (C=O) groups excluding carboxylic acids is 1. The number of hydrogen-bond donors (Lipinski definition) is 1. The highest BCUT2D eigenvalue weighted by Gasteiger charge is 2.28. The number of methoxy groups -OCH3 is 2. The summed E-state index contributed by atoms with van der Waals surface area (Å²) in [6.45, 7) is 1.89. The molecule has 0 saturated carbocycles. The molecule has 1 N–H and O–H groups in total. The van der Waals surface area contributed by atoms with Crippen LogP contribution in [0.3, 0.4) is 0 Å². The number of ether oxygens (including phenoxy) is 2. The van der Waals surface area contributed by atoms with E-state index in [1.54, 1.807) is 14.2 Å². The molecule has 1 aromatic heterocycles. The summed E-state index contributed by atoms with van der Waals surface area (Å²) in [6.07, 6.45) is 1.76. The topological polar surface area (TPSA) is 76.6 Å². The van der Waals surface area contributed by atoms with Crippen molar-refractivity contribution in [3.8, 4) is 11.6 Å². The standard InChI is InChI=1S/C23H26N4O3/c1-29-18-9-5-7-16(13-18)14-24-22(28)17-8-6-12-27(15-17)21-23(30-2)26-20-11-4-3-10-19(20)25-21/h3-5,7,9-11,13,17H,6,8,12,14-15H2,1-2H3,(H,24,28). The second kappa shape index (κ2) is 8.98.